The number of imidazole rings is 1. The van der Waals surface area contributed by atoms with E-state index < -0.39 is 0 Å². The van der Waals surface area contributed by atoms with Crippen molar-refractivity contribution in [2.45, 2.75) is 46.5 Å². The highest BCUT2D eigenvalue weighted by Gasteiger charge is 2.30. The summed E-state index contributed by atoms with van der Waals surface area (Å²) in [6.45, 7) is 7.66. The molecule has 6 nitrogen and oxygen atoms in total. The Morgan fingerprint density at radius 2 is 1.96 bits per heavy atom. The van der Waals surface area contributed by atoms with Crippen molar-refractivity contribution in [3.8, 4) is 11.1 Å². The number of aryl methyl sites for hydroxylation is 3. The molecule has 1 aliphatic carbocycles. The summed E-state index contributed by atoms with van der Waals surface area (Å²) in [7, 11) is 2.08. The Labute approximate surface area is 158 Å². The maximum Gasteiger partial charge on any atom is 0.179 e. The minimum atomic E-state index is 0.548. The molecule has 0 atom stereocenters. The average molecular weight is 364 g/mol. The molecular formula is C21H26N5O+. The maximum absolute atomic E-state index is 6.24. The van der Waals surface area contributed by atoms with Crippen LogP contribution >= 0.6 is 0 Å². The van der Waals surface area contributed by atoms with Gasteiger partial charge in [-0.15, -0.1) is 0 Å². The van der Waals surface area contributed by atoms with Crippen LogP contribution in [0.15, 0.2) is 22.4 Å². The van der Waals surface area contributed by atoms with Gasteiger partial charge in [-0.05, 0) is 51.3 Å². The second-order valence-electron chi connectivity index (χ2n) is 7.64. The van der Waals surface area contributed by atoms with Crippen LogP contribution in [0.1, 0.15) is 55.4 Å². The Morgan fingerprint density at radius 3 is 2.48 bits per heavy atom. The molecule has 0 radical (unpaired) electrons. The standard InChI is InChI=1S/C21H25N5O/c1-10(22)18(11(2)23)16-8-15(19-12(3)25-27-13(19)4)9-17-20(16)26(5)21(24-17)14-6-7-14/h8-9,14,22H,6-7,23H2,1-5H3/p+1/b18-11+,22-10?. The first-order valence-electron chi connectivity index (χ1n) is 9.29. The summed E-state index contributed by atoms with van der Waals surface area (Å²) in [6, 6.07) is 4.25. The number of nitrogens with two attached hydrogens (primary N) is 2. The minimum absolute atomic E-state index is 0.548. The normalized spacial score (nSPS) is 15.3. The van der Waals surface area contributed by atoms with Crippen molar-refractivity contribution in [3.63, 3.8) is 0 Å². The number of hydrogen-bond acceptors (Lipinski definition) is 4. The van der Waals surface area contributed by atoms with Gasteiger partial charge in [0, 0.05) is 36.7 Å². The van der Waals surface area contributed by atoms with Crippen molar-refractivity contribution >= 4 is 22.3 Å². The highest BCUT2D eigenvalue weighted by Crippen LogP contribution is 2.42. The van der Waals surface area contributed by atoms with Gasteiger partial charge in [0.25, 0.3) is 0 Å². The van der Waals surface area contributed by atoms with Crippen LogP contribution in [0, 0.1) is 13.8 Å². The zero-order valence-electron chi connectivity index (χ0n) is 16.6. The second-order valence-corrected chi connectivity index (χ2v) is 7.64. The zero-order chi connectivity index (χ0) is 19.5. The second kappa shape index (κ2) is 6.08. The van der Waals surface area contributed by atoms with E-state index in [2.05, 4.69) is 28.9 Å². The molecule has 0 amide bonds. The van der Waals surface area contributed by atoms with Crippen molar-refractivity contribution in [2.75, 3.05) is 0 Å². The molecule has 1 aliphatic rings. The van der Waals surface area contributed by atoms with Crippen LogP contribution in [0.2, 0.25) is 0 Å². The van der Waals surface area contributed by atoms with Crippen molar-refractivity contribution in [3.05, 3.63) is 40.7 Å². The van der Waals surface area contributed by atoms with Crippen LogP contribution < -0.4 is 11.1 Å². The third kappa shape index (κ3) is 2.76. The van der Waals surface area contributed by atoms with Gasteiger partial charge in [-0.2, -0.15) is 0 Å². The molecule has 4 rings (SSSR count). The number of allylic oxidation sites excluding steroid dienone is 2. The lowest BCUT2D eigenvalue weighted by Gasteiger charge is -2.12. The van der Waals surface area contributed by atoms with E-state index in [9.17, 15) is 0 Å². The van der Waals surface area contributed by atoms with Crippen LogP contribution in [-0.4, -0.2) is 20.4 Å². The van der Waals surface area contributed by atoms with Crippen molar-refractivity contribution < 1.29 is 9.93 Å². The van der Waals surface area contributed by atoms with Crippen LogP contribution in [0.3, 0.4) is 0 Å². The van der Waals surface area contributed by atoms with Crippen molar-refractivity contribution in [2.24, 2.45) is 12.8 Å². The molecule has 2 heterocycles. The van der Waals surface area contributed by atoms with E-state index in [-0.39, 0.29) is 0 Å². The number of fused-ring (bicyclic) bond motifs is 1. The third-order valence-electron chi connectivity index (χ3n) is 5.33. The van der Waals surface area contributed by atoms with E-state index in [1.165, 1.54) is 12.8 Å². The first kappa shape index (κ1) is 17.5. The number of benzene rings is 1. The number of hydrogen-bond donors (Lipinski definition) is 2. The smallest absolute Gasteiger partial charge is 0.179 e. The summed E-state index contributed by atoms with van der Waals surface area (Å²) in [6.07, 6.45) is 2.40. The average Bonchev–Trinajstić information content (AvgIpc) is 3.29. The predicted octanol–water partition coefficient (Wildman–Crippen LogP) is 2.63. The summed E-state index contributed by atoms with van der Waals surface area (Å²) < 4.78 is 7.59. The van der Waals surface area contributed by atoms with Gasteiger partial charge >= 0.3 is 0 Å². The summed E-state index contributed by atoms with van der Waals surface area (Å²) in [4.78, 5) is 4.96. The molecule has 4 N–H and O–H groups in total. The quantitative estimate of drug-likeness (QED) is 0.696. The van der Waals surface area contributed by atoms with E-state index in [1.807, 2.05) is 27.7 Å². The SMILES string of the molecule is CC(=[NH2+])/C(=C(/C)N)c1cc(-c2c(C)noc2C)cc2nc(C3CC3)n(C)c12. The van der Waals surface area contributed by atoms with Crippen LogP contribution in [0.25, 0.3) is 27.7 Å². The highest BCUT2D eigenvalue weighted by atomic mass is 16.5. The summed E-state index contributed by atoms with van der Waals surface area (Å²) >= 11 is 0. The lowest BCUT2D eigenvalue weighted by molar-refractivity contribution is -0.111. The Kier molecular flexibility index (Phi) is 3.94. The lowest BCUT2D eigenvalue weighted by Crippen LogP contribution is -2.39. The topological polar surface area (TPSA) is 95.5 Å². The number of rotatable bonds is 4. The molecule has 0 spiro atoms. The van der Waals surface area contributed by atoms with Gasteiger partial charge in [0.15, 0.2) is 5.71 Å². The predicted molar refractivity (Wildman–Crippen MR) is 107 cm³/mol. The van der Waals surface area contributed by atoms with Gasteiger partial charge in [-0.1, -0.05) is 5.16 Å². The fourth-order valence-electron chi connectivity index (χ4n) is 4.04. The molecule has 3 aromatic rings. The zero-order valence-corrected chi connectivity index (χ0v) is 16.6. The first-order chi connectivity index (χ1) is 12.8. The van der Waals surface area contributed by atoms with Crippen LogP contribution in [-0.2, 0) is 7.05 Å². The van der Waals surface area contributed by atoms with E-state index in [4.69, 9.17) is 20.7 Å². The molecule has 0 unspecified atom stereocenters. The van der Waals surface area contributed by atoms with Crippen molar-refractivity contribution in [1.29, 1.82) is 0 Å². The Balaban J connectivity index is 2.09. The molecule has 140 valence electrons. The van der Waals surface area contributed by atoms with Crippen molar-refractivity contribution in [1.82, 2.24) is 14.7 Å². The van der Waals surface area contributed by atoms with E-state index in [1.54, 1.807) is 0 Å². The molecule has 2 aromatic heterocycles. The largest absolute Gasteiger partial charge is 0.402 e. The Hall–Kier alpha value is -2.89. The molecule has 1 saturated carbocycles. The van der Waals surface area contributed by atoms with E-state index >= 15 is 0 Å². The summed E-state index contributed by atoms with van der Waals surface area (Å²) in [5, 5.41) is 10.3. The molecule has 0 bridgehead atoms. The Morgan fingerprint density at radius 1 is 1.26 bits per heavy atom. The molecular weight excluding hydrogens is 338 g/mol. The first-order valence-corrected chi connectivity index (χ1v) is 9.29. The van der Waals surface area contributed by atoms with Crippen LogP contribution in [0.4, 0.5) is 0 Å². The van der Waals surface area contributed by atoms with Gasteiger partial charge in [0.05, 0.1) is 22.3 Å². The van der Waals surface area contributed by atoms with Gasteiger partial charge in [0.1, 0.15) is 11.6 Å². The molecule has 1 aromatic carbocycles. The fraction of sp³-hybridized carbons (Fsp3) is 0.381. The molecule has 6 heteroatoms. The van der Waals surface area contributed by atoms with Gasteiger partial charge < -0.3 is 14.8 Å². The summed E-state index contributed by atoms with van der Waals surface area (Å²) in [5.74, 6) is 2.47. The van der Waals surface area contributed by atoms with E-state index in [0.29, 0.717) is 17.3 Å². The summed E-state index contributed by atoms with van der Waals surface area (Å²) in [5.41, 5.74) is 14.4. The molecule has 0 aliphatic heterocycles. The number of nitrogens with zero attached hydrogens (tertiary/aromatic N) is 3. The fourth-order valence-corrected chi connectivity index (χ4v) is 4.04. The Bertz CT molecular complexity index is 1090. The monoisotopic (exact) mass is 364 g/mol. The van der Waals surface area contributed by atoms with Gasteiger partial charge in [-0.25, -0.2) is 4.98 Å². The van der Waals surface area contributed by atoms with Crippen LogP contribution in [0.5, 0.6) is 0 Å². The van der Waals surface area contributed by atoms with Gasteiger partial charge in [0.2, 0.25) is 0 Å². The molecule has 1 fully saturated rings. The maximum atomic E-state index is 6.24. The minimum Gasteiger partial charge on any atom is -0.402 e. The molecule has 27 heavy (non-hydrogen) atoms. The lowest BCUT2D eigenvalue weighted by atomic mass is 9.93. The molecule has 0 saturated heterocycles. The number of aromatic nitrogens is 3. The third-order valence-corrected chi connectivity index (χ3v) is 5.33. The highest BCUT2D eigenvalue weighted by molar-refractivity contribution is 6.23. The van der Waals surface area contributed by atoms with E-state index in [0.717, 1.165) is 50.6 Å². The van der Waals surface area contributed by atoms with Gasteiger partial charge in [-0.3, -0.25) is 5.41 Å².